The first-order chi connectivity index (χ1) is 9.90. The third-order valence-corrected chi connectivity index (χ3v) is 4.23. The molecule has 0 aromatic heterocycles. The van der Waals surface area contributed by atoms with Crippen LogP contribution in [0.25, 0.3) is 0 Å². The first-order valence-corrected chi connectivity index (χ1v) is 8.87. The van der Waals surface area contributed by atoms with E-state index < -0.39 is 0 Å². The molecular formula is C18H38Cl2N2O. The molecule has 0 bridgehead atoms. The molecule has 1 heterocycles. The summed E-state index contributed by atoms with van der Waals surface area (Å²) in [5.41, 5.74) is 0.133. The number of unbranched alkanes of at least 4 members (excludes halogenated alkanes) is 3. The zero-order valence-electron chi connectivity index (χ0n) is 15.6. The average molecular weight is 369 g/mol. The second-order valence-corrected chi connectivity index (χ2v) is 7.77. The van der Waals surface area contributed by atoms with E-state index in [-0.39, 0.29) is 30.2 Å². The zero-order chi connectivity index (χ0) is 15.7. The lowest BCUT2D eigenvalue weighted by atomic mass is 9.89. The third-order valence-electron chi connectivity index (χ3n) is 4.23. The van der Waals surface area contributed by atoms with E-state index in [4.69, 9.17) is 0 Å². The summed E-state index contributed by atoms with van der Waals surface area (Å²) in [6.07, 6.45) is 6.85. The van der Waals surface area contributed by atoms with Gasteiger partial charge in [-0.2, -0.15) is 0 Å². The normalized spacial score (nSPS) is 16.5. The van der Waals surface area contributed by atoms with Gasteiger partial charge in [0.1, 0.15) is 5.78 Å². The minimum Gasteiger partial charge on any atom is -0.301 e. The lowest BCUT2D eigenvalue weighted by molar-refractivity contribution is -0.121. The SMILES string of the molecule is CCCCCCN1CCN(CCC(=O)CC(C)(C)C)CC1.Cl.Cl. The van der Waals surface area contributed by atoms with E-state index in [0.717, 1.165) is 26.1 Å². The Bertz CT molecular complexity index is 298. The van der Waals surface area contributed by atoms with Crippen molar-refractivity contribution in [3.05, 3.63) is 0 Å². The maximum atomic E-state index is 11.9. The first-order valence-electron chi connectivity index (χ1n) is 8.87. The van der Waals surface area contributed by atoms with E-state index >= 15 is 0 Å². The van der Waals surface area contributed by atoms with E-state index in [1.165, 1.54) is 45.3 Å². The molecule has 1 rings (SSSR count). The van der Waals surface area contributed by atoms with Crippen LogP contribution in [0.15, 0.2) is 0 Å². The van der Waals surface area contributed by atoms with E-state index in [2.05, 4.69) is 37.5 Å². The quantitative estimate of drug-likeness (QED) is 0.562. The number of hydrogen-bond donors (Lipinski definition) is 0. The van der Waals surface area contributed by atoms with Crippen molar-refractivity contribution in [1.29, 1.82) is 0 Å². The number of Topliss-reactive ketones (excluding diaryl/α,β-unsaturated/α-hetero) is 1. The van der Waals surface area contributed by atoms with E-state index in [9.17, 15) is 4.79 Å². The van der Waals surface area contributed by atoms with Crippen LogP contribution in [0.3, 0.4) is 0 Å². The summed E-state index contributed by atoms with van der Waals surface area (Å²) in [7, 11) is 0. The van der Waals surface area contributed by atoms with Crippen molar-refractivity contribution in [2.45, 2.75) is 66.2 Å². The molecule has 1 aliphatic heterocycles. The molecule has 1 aliphatic rings. The lowest BCUT2D eigenvalue weighted by Crippen LogP contribution is -2.47. The van der Waals surface area contributed by atoms with Crippen molar-refractivity contribution in [2.75, 3.05) is 39.3 Å². The number of hydrogen-bond acceptors (Lipinski definition) is 3. The van der Waals surface area contributed by atoms with Crippen molar-refractivity contribution in [2.24, 2.45) is 5.41 Å². The molecule has 0 atom stereocenters. The minimum atomic E-state index is 0. The molecular weight excluding hydrogens is 331 g/mol. The predicted octanol–water partition coefficient (Wildman–Crippen LogP) is 4.42. The summed E-state index contributed by atoms with van der Waals surface area (Å²) >= 11 is 0. The van der Waals surface area contributed by atoms with Crippen LogP contribution in [-0.4, -0.2) is 54.9 Å². The van der Waals surface area contributed by atoms with Crippen molar-refractivity contribution < 1.29 is 4.79 Å². The Kier molecular flexibility index (Phi) is 14.9. The van der Waals surface area contributed by atoms with Gasteiger partial charge in [0, 0.05) is 45.6 Å². The Morgan fingerprint density at radius 1 is 0.870 bits per heavy atom. The highest BCUT2D eigenvalue weighted by Crippen LogP contribution is 2.19. The fourth-order valence-electron chi connectivity index (χ4n) is 2.96. The molecule has 3 nitrogen and oxygen atoms in total. The highest BCUT2D eigenvalue weighted by atomic mass is 35.5. The van der Waals surface area contributed by atoms with Gasteiger partial charge in [0.2, 0.25) is 0 Å². The Morgan fingerprint density at radius 3 is 1.87 bits per heavy atom. The number of piperazine rings is 1. The summed E-state index contributed by atoms with van der Waals surface area (Å²) in [5, 5.41) is 0. The molecule has 0 aromatic rings. The number of carbonyl (C=O) groups excluding carboxylic acids is 1. The molecule has 140 valence electrons. The molecule has 0 unspecified atom stereocenters. The van der Waals surface area contributed by atoms with Crippen LogP contribution in [0, 0.1) is 5.41 Å². The van der Waals surface area contributed by atoms with Gasteiger partial charge in [-0.3, -0.25) is 4.79 Å². The standard InChI is InChI=1S/C18H36N2O.2ClH/c1-5-6-7-8-10-19-12-14-20(15-13-19)11-9-17(21)16-18(2,3)4;;/h5-16H2,1-4H3;2*1H. The van der Waals surface area contributed by atoms with Gasteiger partial charge in [0.15, 0.2) is 0 Å². The monoisotopic (exact) mass is 368 g/mol. The fraction of sp³-hybridized carbons (Fsp3) is 0.944. The van der Waals surface area contributed by atoms with Gasteiger partial charge < -0.3 is 9.80 Å². The smallest absolute Gasteiger partial charge is 0.134 e. The summed E-state index contributed by atoms with van der Waals surface area (Å²) in [6, 6.07) is 0. The number of halogens is 2. The van der Waals surface area contributed by atoms with Crippen LogP contribution >= 0.6 is 24.8 Å². The summed E-state index contributed by atoms with van der Waals surface area (Å²) in [6.45, 7) is 15.5. The summed E-state index contributed by atoms with van der Waals surface area (Å²) < 4.78 is 0. The van der Waals surface area contributed by atoms with Crippen LogP contribution in [-0.2, 0) is 4.79 Å². The van der Waals surface area contributed by atoms with Crippen molar-refractivity contribution in [3.8, 4) is 0 Å². The Hall–Kier alpha value is 0.170. The second kappa shape index (κ2) is 13.5. The molecule has 0 radical (unpaired) electrons. The van der Waals surface area contributed by atoms with Gasteiger partial charge in [-0.25, -0.2) is 0 Å². The average Bonchev–Trinajstić information content (AvgIpc) is 2.41. The molecule has 0 saturated carbocycles. The second-order valence-electron chi connectivity index (χ2n) is 7.77. The molecule has 5 heteroatoms. The highest BCUT2D eigenvalue weighted by Gasteiger charge is 2.19. The molecule has 0 aliphatic carbocycles. The number of carbonyl (C=O) groups is 1. The molecule has 23 heavy (non-hydrogen) atoms. The molecule has 1 saturated heterocycles. The Morgan fingerprint density at radius 2 is 1.39 bits per heavy atom. The Labute approximate surface area is 156 Å². The summed E-state index contributed by atoms with van der Waals surface area (Å²) in [5.74, 6) is 0.421. The predicted molar refractivity (Wildman–Crippen MR) is 105 cm³/mol. The van der Waals surface area contributed by atoms with Crippen LogP contribution in [0.1, 0.15) is 66.2 Å². The Balaban J connectivity index is 0. The van der Waals surface area contributed by atoms with Gasteiger partial charge in [0.25, 0.3) is 0 Å². The van der Waals surface area contributed by atoms with E-state index in [1.54, 1.807) is 0 Å². The van der Waals surface area contributed by atoms with E-state index in [1.807, 2.05) is 0 Å². The van der Waals surface area contributed by atoms with Crippen LogP contribution < -0.4 is 0 Å². The minimum absolute atomic E-state index is 0. The number of nitrogens with zero attached hydrogens (tertiary/aromatic N) is 2. The van der Waals surface area contributed by atoms with Gasteiger partial charge in [-0.05, 0) is 18.4 Å². The van der Waals surface area contributed by atoms with Crippen molar-refractivity contribution >= 4 is 30.6 Å². The van der Waals surface area contributed by atoms with Crippen molar-refractivity contribution in [1.82, 2.24) is 9.80 Å². The molecule has 1 fully saturated rings. The van der Waals surface area contributed by atoms with Crippen molar-refractivity contribution in [3.63, 3.8) is 0 Å². The van der Waals surface area contributed by atoms with Crippen LogP contribution in [0.4, 0.5) is 0 Å². The fourth-order valence-corrected chi connectivity index (χ4v) is 2.96. The zero-order valence-corrected chi connectivity index (χ0v) is 17.2. The first kappa shape index (κ1) is 25.4. The maximum Gasteiger partial charge on any atom is 0.134 e. The van der Waals surface area contributed by atoms with Crippen LogP contribution in [0.2, 0.25) is 0 Å². The third kappa shape index (κ3) is 13.2. The highest BCUT2D eigenvalue weighted by molar-refractivity contribution is 5.85. The van der Waals surface area contributed by atoms with E-state index in [0.29, 0.717) is 12.2 Å². The summed E-state index contributed by atoms with van der Waals surface area (Å²) in [4.78, 5) is 17.0. The van der Waals surface area contributed by atoms with Gasteiger partial charge in [-0.15, -0.1) is 24.8 Å². The molecule has 0 spiro atoms. The molecule has 0 N–H and O–H groups in total. The topological polar surface area (TPSA) is 23.6 Å². The lowest BCUT2D eigenvalue weighted by Gasteiger charge is -2.34. The number of ketones is 1. The van der Waals surface area contributed by atoms with Gasteiger partial charge in [-0.1, -0.05) is 47.0 Å². The van der Waals surface area contributed by atoms with Gasteiger partial charge >= 0.3 is 0 Å². The van der Waals surface area contributed by atoms with Crippen LogP contribution in [0.5, 0.6) is 0 Å². The molecule has 0 aromatic carbocycles. The maximum absolute atomic E-state index is 11.9. The largest absolute Gasteiger partial charge is 0.301 e. The number of rotatable bonds is 9. The molecule has 0 amide bonds. The van der Waals surface area contributed by atoms with Gasteiger partial charge in [0.05, 0.1) is 0 Å².